The first kappa shape index (κ1) is 23.6. The summed E-state index contributed by atoms with van der Waals surface area (Å²) in [5.74, 6) is 0.888. The molecule has 1 unspecified atom stereocenters. The Morgan fingerprint density at radius 2 is 2.03 bits per heavy atom. The second-order valence-electron chi connectivity index (χ2n) is 6.88. The zero-order valence-electron chi connectivity index (χ0n) is 17.8. The minimum atomic E-state index is -3.39. The molecule has 1 aliphatic heterocycles. The van der Waals surface area contributed by atoms with Crippen LogP contribution in [0.3, 0.4) is 0 Å². The van der Waals surface area contributed by atoms with E-state index in [-0.39, 0.29) is 11.9 Å². The Morgan fingerprint density at radius 1 is 1.31 bits per heavy atom. The van der Waals surface area contributed by atoms with Crippen LogP contribution in [0.2, 0.25) is 0 Å². The Kier molecular flexibility index (Phi) is 8.91. The van der Waals surface area contributed by atoms with Crippen molar-refractivity contribution in [1.29, 1.82) is 0 Å². The van der Waals surface area contributed by atoms with E-state index < -0.39 is 10.0 Å². The summed E-state index contributed by atoms with van der Waals surface area (Å²) in [4.78, 5) is 19.0. The van der Waals surface area contributed by atoms with Crippen LogP contribution in [0.5, 0.6) is 0 Å². The Hall–Kier alpha value is -1.65. The number of carbonyl (C=O) groups excluding carboxylic acids is 1. The van der Waals surface area contributed by atoms with E-state index in [2.05, 4.69) is 15.6 Å². The maximum atomic E-state index is 12.6. The van der Waals surface area contributed by atoms with Gasteiger partial charge in [0.1, 0.15) is 4.21 Å². The molecule has 1 aliphatic rings. The lowest BCUT2D eigenvalue weighted by molar-refractivity contribution is -0.129. The van der Waals surface area contributed by atoms with E-state index in [9.17, 15) is 13.2 Å². The van der Waals surface area contributed by atoms with Crippen molar-refractivity contribution in [3.05, 3.63) is 17.0 Å². The third kappa shape index (κ3) is 6.16. The van der Waals surface area contributed by atoms with Crippen LogP contribution in [0.1, 0.15) is 38.5 Å². The lowest BCUT2D eigenvalue weighted by Crippen LogP contribution is -2.45. The quantitative estimate of drug-likeness (QED) is 0.446. The van der Waals surface area contributed by atoms with Crippen LogP contribution in [0.15, 0.2) is 21.3 Å². The van der Waals surface area contributed by atoms with Crippen LogP contribution in [0.25, 0.3) is 0 Å². The second kappa shape index (κ2) is 10.9. The van der Waals surface area contributed by atoms with E-state index >= 15 is 0 Å². The van der Waals surface area contributed by atoms with E-state index in [1.807, 2.05) is 31.7 Å². The number of nitrogens with zero attached hydrogens (tertiary/aromatic N) is 3. The molecule has 1 atom stereocenters. The van der Waals surface area contributed by atoms with Gasteiger partial charge in [-0.1, -0.05) is 20.8 Å². The molecule has 0 bridgehead atoms. The Bertz CT molecular complexity index is 803. The number of nitrogens with one attached hydrogen (secondary N) is 2. The van der Waals surface area contributed by atoms with Crippen LogP contribution >= 0.6 is 11.3 Å². The van der Waals surface area contributed by atoms with Gasteiger partial charge in [0.2, 0.25) is 5.91 Å². The molecule has 1 aromatic heterocycles. The molecular formula is C19H33N5O3S2. The maximum Gasteiger partial charge on any atom is 0.252 e. The van der Waals surface area contributed by atoms with Crippen molar-refractivity contribution in [2.75, 3.05) is 39.8 Å². The van der Waals surface area contributed by atoms with Gasteiger partial charge in [-0.15, -0.1) is 11.3 Å². The van der Waals surface area contributed by atoms with Gasteiger partial charge in [0.15, 0.2) is 5.96 Å². The molecule has 8 nitrogen and oxygen atoms in total. The Morgan fingerprint density at radius 3 is 2.66 bits per heavy atom. The molecule has 1 aromatic rings. The highest BCUT2D eigenvalue weighted by Crippen LogP contribution is 2.25. The molecule has 2 heterocycles. The van der Waals surface area contributed by atoms with Gasteiger partial charge >= 0.3 is 0 Å². The van der Waals surface area contributed by atoms with Gasteiger partial charge in [0, 0.05) is 57.1 Å². The third-order valence-electron chi connectivity index (χ3n) is 5.01. The van der Waals surface area contributed by atoms with E-state index in [0.717, 1.165) is 17.8 Å². The molecule has 0 radical (unpaired) electrons. The smallest absolute Gasteiger partial charge is 0.252 e. The predicted molar refractivity (Wildman–Crippen MR) is 118 cm³/mol. The molecule has 1 fully saturated rings. The fraction of sp³-hybridized carbons (Fsp3) is 0.684. The second-order valence-corrected chi connectivity index (χ2v) is 10.2. The number of amides is 1. The highest BCUT2D eigenvalue weighted by molar-refractivity contribution is 7.91. The molecule has 2 N–H and O–H groups in total. The van der Waals surface area contributed by atoms with Crippen molar-refractivity contribution in [2.24, 2.45) is 4.99 Å². The molecular weight excluding hydrogens is 410 g/mol. The van der Waals surface area contributed by atoms with Crippen LogP contribution in [-0.2, 0) is 21.2 Å². The summed E-state index contributed by atoms with van der Waals surface area (Å²) in [5.41, 5.74) is 0. The van der Waals surface area contributed by atoms with Crippen molar-refractivity contribution in [1.82, 2.24) is 19.8 Å². The number of sulfonamides is 1. The van der Waals surface area contributed by atoms with Crippen LogP contribution < -0.4 is 10.6 Å². The Balaban J connectivity index is 1.83. The van der Waals surface area contributed by atoms with E-state index in [0.29, 0.717) is 49.2 Å². The summed E-state index contributed by atoms with van der Waals surface area (Å²) in [7, 11) is -1.67. The van der Waals surface area contributed by atoms with Crippen molar-refractivity contribution >= 4 is 33.2 Å². The first-order valence-electron chi connectivity index (χ1n) is 10.2. The summed E-state index contributed by atoms with van der Waals surface area (Å²) >= 11 is 1.32. The van der Waals surface area contributed by atoms with Crippen molar-refractivity contribution < 1.29 is 13.2 Å². The summed E-state index contributed by atoms with van der Waals surface area (Å²) in [6.45, 7) is 8.64. The van der Waals surface area contributed by atoms with E-state index in [1.54, 1.807) is 13.1 Å². The van der Waals surface area contributed by atoms with Gasteiger partial charge in [-0.2, -0.15) is 4.31 Å². The molecule has 164 valence electrons. The number of hydrogen-bond acceptors (Lipinski definition) is 5. The zero-order valence-corrected chi connectivity index (χ0v) is 19.4. The summed E-state index contributed by atoms with van der Waals surface area (Å²) in [5, 5.41) is 6.64. The maximum absolute atomic E-state index is 12.6. The monoisotopic (exact) mass is 443 g/mol. The normalized spacial score (nSPS) is 17.8. The van der Waals surface area contributed by atoms with Crippen LogP contribution in [0, 0.1) is 0 Å². The molecule has 0 aromatic carbocycles. The van der Waals surface area contributed by atoms with E-state index in [1.165, 1.54) is 15.6 Å². The lowest BCUT2D eigenvalue weighted by Gasteiger charge is -2.18. The highest BCUT2D eigenvalue weighted by atomic mass is 32.2. The summed E-state index contributed by atoms with van der Waals surface area (Å²) in [6, 6.07) is 3.77. The number of hydrogen-bond donors (Lipinski definition) is 2. The number of guanidine groups is 1. The lowest BCUT2D eigenvalue weighted by atomic mass is 10.3. The van der Waals surface area contributed by atoms with Gasteiger partial charge in [-0.25, -0.2) is 8.42 Å². The molecule has 2 rings (SSSR count). The zero-order chi connectivity index (χ0) is 21.4. The predicted octanol–water partition coefficient (Wildman–Crippen LogP) is 1.50. The van der Waals surface area contributed by atoms with Crippen molar-refractivity contribution in [3.8, 4) is 0 Å². The van der Waals surface area contributed by atoms with Gasteiger partial charge in [-0.3, -0.25) is 9.79 Å². The van der Waals surface area contributed by atoms with Gasteiger partial charge < -0.3 is 15.5 Å². The van der Waals surface area contributed by atoms with Crippen LogP contribution in [-0.4, -0.2) is 75.3 Å². The molecule has 10 heteroatoms. The third-order valence-corrected chi connectivity index (χ3v) is 8.67. The first-order valence-corrected chi connectivity index (χ1v) is 12.4. The number of thiophene rings is 1. The molecule has 0 saturated carbocycles. The molecule has 1 amide bonds. The number of carbonyl (C=O) groups is 1. The minimum absolute atomic E-state index is 0.186. The first-order chi connectivity index (χ1) is 13.8. The number of aliphatic imine (C=N–C) groups is 1. The average molecular weight is 444 g/mol. The van der Waals surface area contributed by atoms with E-state index in [4.69, 9.17) is 0 Å². The molecule has 0 spiro atoms. The fourth-order valence-electron chi connectivity index (χ4n) is 3.34. The molecule has 29 heavy (non-hydrogen) atoms. The largest absolute Gasteiger partial charge is 0.356 e. The SMILES string of the molecule is CCC(=O)N1CCC(NC(=NC)NCCc2ccc(S(=O)(=O)N(CC)CC)s2)C1. The van der Waals surface area contributed by atoms with Gasteiger partial charge in [0.05, 0.1) is 0 Å². The van der Waals surface area contributed by atoms with Gasteiger partial charge in [-0.05, 0) is 25.0 Å². The molecule has 0 aliphatic carbocycles. The van der Waals surface area contributed by atoms with Crippen molar-refractivity contribution in [2.45, 2.75) is 50.3 Å². The topological polar surface area (TPSA) is 94.1 Å². The highest BCUT2D eigenvalue weighted by Gasteiger charge is 2.26. The fourth-order valence-corrected chi connectivity index (χ4v) is 6.31. The Labute approximate surface area is 178 Å². The summed E-state index contributed by atoms with van der Waals surface area (Å²) < 4.78 is 27.0. The number of rotatable bonds is 9. The average Bonchev–Trinajstić information content (AvgIpc) is 3.37. The van der Waals surface area contributed by atoms with Crippen molar-refractivity contribution in [3.63, 3.8) is 0 Å². The van der Waals surface area contributed by atoms with Crippen LogP contribution in [0.4, 0.5) is 0 Å². The molecule has 1 saturated heterocycles. The standard InChI is InChI=1S/C19H33N5O3S2/c1-5-17(25)23-13-11-15(14-23)22-19(20-4)21-12-10-16-8-9-18(28-16)29(26,27)24(6-2)7-3/h8-9,15H,5-7,10-14H2,1-4H3,(H2,20,21,22). The van der Waals surface area contributed by atoms with Gasteiger partial charge in [0.25, 0.3) is 10.0 Å². The number of likely N-dealkylation sites (tertiary alicyclic amines) is 1. The minimum Gasteiger partial charge on any atom is -0.356 e. The summed E-state index contributed by atoms with van der Waals surface area (Å²) in [6.07, 6.45) is 2.15.